The van der Waals surface area contributed by atoms with Gasteiger partial charge in [-0.1, -0.05) is 38.8 Å². The van der Waals surface area contributed by atoms with Crippen LogP contribution in [0.3, 0.4) is 0 Å². The maximum Gasteiger partial charge on any atom is 0.254 e. The van der Waals surface area contributed by atoms with E-state index in [9.17, 15) is 4.79 Å². The molecule has 2 aromatic carbocycles. The topological polar surface area (TPSA) is 38.8 Å². The molecule has 0 fully saturated rings. The minimum Gasteiger partial charge on any atom is -0.454 e. The standard InChI is InChI=1S/C20H25NO3/c1-3-5-10-21(11-6-4-2)20(22)16-9-7-8-15-12-18-19(13-17(15)16)24-14-23-18/h7-9,12-13H,3-6,10-11,14H2,1-2H3. The predicted octanol–water partition coefficient (Wildman–Crippen LogP) is 4.61. The molecular formula is C20H25NO3. The fourth-order valence-corrected chi connectivity index (χ4v) is 3.04. The minimum atomic E-state index is 0.112. The third-order valence-electron chi connectivity index (χ3n) is 4.45. The molecule has 24 heavy (non-hydrogen) atoms. The average Bonchev–Trinajstić information content (AvgIpc) is 3.06. The molecule has 0 atom stereocenters. The van der Waals surface area contributed by atoms with Gasteiger partial charge in [0.2, 0.25) is 6.79 Å². The monoisotopic (exact) mass is 327 g/mol. The summed E-state index contributed by atoms with van der Waals surface area (Å²) < 4.78 is 10.9. The predicted molar refractivity (Wildman–Crippen MR) is 95.8 cm³/mol. The van der Waals surface area contributed by atoms with E-state index >= 15 is 0 Å². The van der Waals surface area contributed by atoms with Crippen LogP contribution < -0.4 is 9.47 Å². The molecule has 0 aromatic heterocycles. The Morgan fingerprint density at radius 1 is 1.04 bits per heavy atom. The van der Waals surface area contributed by atoms with Gasteiger partial charge in [-0.2, -0.15) is 0 Å². The second kappa shape index (κ2) is 7.56. The molecule has 0 saturated carbocycles. The summed E-state index contributed by atoms with van der Waals surface area (Å²) in [6, 6.07) is 9.75. The zero-order valence-corrected chi connectivity index (χ0v) is 14.5. The van der Waals surface area contributed by atoms with E-state index in [1.54, 1.807) is 0 Å². The first-order valence-electron chi connectivity index (χ1n) is 8.86. The van der Waals surface area contributed by atoms with E-state index < -0.39 is 0 Å². The van der Waals surface area contributed by atoms with Crippen molar-refractivity contribution in [2.45, 2.75) is 39.5 Å². The molecule has 1 aliphatic rings. The van der Waals surface area contributed by atoms with Gasteiger partial charge in [0, 0.05) is 18.7 Å². The van der Waals surface area contributed by atoms with Crippen molar-refractivity contribution < 1.29 is 14.3 Å². The quantitative estimate of drug-likeness (QED) is 0.745. The first kappa shape index (κ1) is 16.6. The summed E-state index contributed by atoms with van der Waals surface area (Å²) in [4.78, 5) is 15.1. The van der Waals surface area contributed by atoms with Crippen molar-refractivity contribution in [3.63, 3.8) is 0 Å². The van der Waals surface area contributed by atoms with Crippen molar-refractivity contribution in [1.29, 1.82) is 0 Å². The molecule has 0 N–H and O–H groups in total. The van der Waals surface area contributed by atoms with Gasteiger partial charge in [0.05, 0.1) is 0 Å². The molecule has 4 nitrogen and oxygen atoms in total. The van der Waals surface area contributed by atoms with Gasteiger partial charge in [-0.15, -0.1) is 0 Å². The lowest BCUT2D eigenvalue weighted by Crippen LogP contribution is -2.33. The lowest BCUT2D eigenvalue weighted by molar-refractivity contribution is 0.0753. The van der Waals surface area contributed by atoms with Gasteiger partial charge >= 0.3 is 0 Å². The van der Waals surface area contributed by atoms with Crippen molar-refractivity contribution >= 4 is 16.7 Å². The largest absolute Gasteiger partial charge is 0.454 e. The average molecular weight is 327 g/mol. The van der Waals surface area contributed by atoms with Gasteiger partial charge < -0.3 is 14.4 Å². The molecule has 3 rings (SSSR count). The molecule has 1 heterocycles. The molecule has 0 saturated heterocycles. The highest BCUT2D eigenvalue weighted by molar-refractivity contribution is 6.07. The summed E-state index contributed by atoms with van der Waals surface area (Å²) >= 11 is 0. The van der Waals surface area contributed by atoms with Gasteiger partial charge in [-0.05, 0) is 41.8 Å². The Kier molecular flexibility index (Phi) is 5.24. The fourth-order valence-electron chi connectivity index (χ4n) is 3.04. The van der Waals surface area contributed by atoms with Gasteiger partial charge in [-0.3, -0.25) is 4.79 Å². The summed E-state index contributed by atoms with van der Waals surface area (Å²) in [6.07, 6.45) is 4.24. The van der Waals surface area contributed by atoms with Crippen molar-refractivity contribution in [2.75, 3.05) is 19.9 Å². The van der Waals surface area contributed by atoms with E-state index in [2.05, 4.69) is 13.8 Å². The number of amides is 1. The number of ether oxygens (including phenoxy) is 2. The summed E-state index contributed by atoms with van der Waals surface area (Å²) in [5.74, 6) is 1.58. The van der Waals surface area contributed by atoms with Crippen molar-refractivity contribution in [2.24, 2.45) is 0 Å². The van der Waals surface area contributed by atoms with Gasteiger partial charge in [0.25, 0.3) is 5.91 Å². The van der Waals surface area contributed by atoms with Crippen LogP contribution in [0.2, 0.25) is 0 Å². The maximum absolute atomic E-state index is 13.1. The summed E-state index contributed by atoms with van der Waals surface area (Å²) in [5, 5.41) is 1.95. The number of nitrogens with zero attached hydrogens (tertiary/aromatic N) is 1. The SMILES string of the molecule is CCCCN(CCCC)C(=O)c1cccc2cc3c(cc12)OCO3. The van der Waals surface area contributed by atoms with Crippen LogP contribution in [0.5, 0.6) is 11.5 Å². The molecule has 4 heteroatoms. The van der Waals surface area contributed by atoms with E-state index in [0.29, 0.717) is 0 Å². The Morgan fingerprint density at radius 3 is 2.38 bits per heavy atom. The summed E-state index contributed by atoms with van der Waals surface area (Å²) in [5.41, 5.74) is 0.748. The zero-order chi connectivity index (χ0) is 16.9. The van der Waals surface area contributed by atoms with Gasteiger partial charge in [0.1, 0.15) is 0 Å². The molecule has 128 valence electrons. The van der Waals surface area contributed by atoms with E-state index in [4.69, 9.17) is 9.47 Å². The number of rotatable bonds is 7. The van der Waals surface area contributed by atoms with Crippen LogP contribution in [0.15, 0.2) is 30.3 Å². The van der Waals surface area contributed by atoms with Crippen molar-refractivity contribution in [1.82, 2.24) is 4.90 Å². The first-order chi connectivity index (χ1) is 11.7. The number of carbonyl (C=O) groups excluding carboxylic acids is 1. The molecule has 0 unspecified atom stereocenters. The van der Waals surface area contributed by atoms with E-state index in [-0.39, 0.29) is 12.7 Å². The maximum atomic E-state index is 13.1. The van der Waals surface area contributed by atoms with Crippen LogP contribution in [0, 0.1) is 0 Å². The number of fused-ring (bicyclic) bond motifs is 2. The lowest BCUT2D eigenvalue weighted by atomic mass is 10.0. The third-order valence-corrected chi connectivity index (χ3v) is 4.45. The lowest BCUT2D eigenvalue weighted by Gasteiger charge is -2.23. The van der Waals surface area contributed by atoms with Crippen LogP contribution in [-0.4, -0.2) is 30.7 Å². The van der Waals surface area contributed by atoms with Crippen molar-refractivity contribution in [3.8, 4) is 11.5 Å². The Bertz CT molecular complexity index is 718. The molecule has 2 aromatic rings. The number of carbonyl (C=O) groups is 1. The number of benzene rings is 2. The van der Waals surface area contributed by atoms with Crippen LogP contribution in [0.25, 0.3) is 10.8 Å². The first-order valence-corrected chi connectivity index (χ1v) is 8.86. The third kappa shape index (κ3) is 3.32. The zero-order valence-electron chi connectivity index (χ0n) is 14.5. The van der Waals surface area contributed by atoms with Crippen molar-refractivity contribution in [3.05, 3.63) is 35.9 Å². The summed E-state index contributed by atoms with van der Waals surface area (Å²) in [7, 11) is 0. The number of hydrogen-bond donors (Lipinski definition) is 0. The normalized spacial score (nSPS) is 12.6. The molecule has 0 bridgehead atoms. The number of hydrogen-bond acceptors (Lipinski definition) is 3. The van der Waals surface area contributed by atoms with Gasteiger partial charge in [-0.25, -0.2) is 0 Å². The van der Waals surface area contributed by atoms with Crippen LogP contribution in [0.4, 0.5) is 0 Å². The van der Waals surface area contributed by atoms with Crippen LogP contribution in [0.1, 0.15) is 49.9 Å². The second-order valence-electron chi connectivity index (χ2n) is 6.23. The highest BCUT2D eigenvalue weighted by atomic mass is 16.7. The number of unbranched alkanes of at least 4 members (excludes halogenated alkanes) is 2. The van der Waals surface area contributed by atoms with Crippen LogP contribution >= 0.6 is 0 Å². The highest BCUT2D eigenvalue weighted by Gasteiger charge is 2.20. The second-order valence-corrected chi connectivity index (χ2v) is 6.23. The fraction of sp³-hybridized carbons (Fsp3) is 0.450. The minimum absolute atomic E-state index is 0.112. The molecule has 0 spiro atoms. The Balaban J connectivity index is 1.95. The molecule has 1 amide bonds. The van der Waals surface area contributed by atoms with E-state index in [0.717, 1.165) is 66.6 Å². The van der Waals surface area contributed by atoms with Crippen LogP contribution in [-0.2, 0) is 0 Å². The highest BCUT2D eigenvalue weighted by Crippen LogP contribution is 2.37. The Labute approximate surface area is 143 Å². The molecule has 0 radical (unpaired) electrons. The molecular weight excluding hydrogens is 302 g/mol. The summed E-state index contributed by atoms with van der Waals surface area (Å²) in [6.45, 7) is 6.18. The molecule has 1 aliphatic heterocycles. The van der Waals surface area contributed by atoms with E-state index in [1.165, 1.54) is 0 Å². The smallest absolute Gasteiger partial charge is 0.254 e. The molecule has 0 aliphatic carbocycles. The Morgan fingerprint density at radius 2 is 1.71 bits per heavy atom. The van der Waals surface area contributed by atoms with E-state index in [1.807, 2.05) is 35.2 Å². The Hall–Kier alpha value is -2.23. The van der Waals surface area contributed by atoms with Gasteiger partial charge in [0.15, 0.2) is 11.5 Å².